The first-order valence-electron chi connectivity index (χ1n) is 10.4. The number of amides is 2. The van der Waals surface area contributed by atoms with Gasteiger partial charge in [0.2, 0.25) is 0 Å². The quantitative estimate of drug-likeness (QED) is 0.642. The molecule has 30 heavy (non-hydrogen) atoms. The van der Waals surface area contributed by atoms with Crippen molar-refractivity contribution in [3.8, 4) is 5.75 Å². The van der Waals surface area contributed by atoms with Gasteiger partial charge in [0.1, 0.15) is 11.4 Å². The number of carbonyl (C=O) groups excluding carboxylic acids is 2. The Hall–Kier alpha value is -3.08. The summed E-state index contributed by atoms with van der Waals surface area (Å²) in [6.07, 6.45) is 0.0622. The Bertz CT molecular complexity index is 955. The third-order valence-electron chi connectivity index (χ3n) is 4.99. The molecule has 0 bridgehead atoms. The molecule has 2 amide bonds. The Balaban J connectivity index is 2.00. The molecule has 5 heteroatoms. The summed E-state index contributed by atoms with van der Waals surface area (Å²) in [5.74, 6) is 0.561. The van der Waals surface area contributed by atoms with E-state index in [-0.39, 0.29) is 24.0 Å². The van der Waals surface area contributed by atoms with Crippen LogP contribution < -0.4 is 10.1 Å². The number of nitrogens with zero attached hydrogens (tertiary/aromatic N) is 1. The lowest BCUT2D eigenvalue weighted by Gasteiger charge is -2.19. The van der Waals surface area contributed by atoms with E-state index in [4.69, 9.17) is 4.74 Å². The third-order valence-corrected chi connectivity index (χ3v) is 4.99. The Kier molecular flexibility index (Phi) is 6.30. The normalized spacial score (nSPS) is 14.5. The van der Waals surface area contributed by atoms with Crippen LogP contribution in [-0.2, 0) is 9.59 Å². The minimum Gasteiger partial charge on any atom is -0.491 e. The molecule has 2 aromatic rings. The molecule has 1 aliphatic heterocycles. The molecule has 0 unspecified atom stereocenters. The van der Waals surface area contributed by atoms with Crippen molar-refractivity contribution in [2.45, 2.75) is 59.6 Å². The second-order valence-electron chi connectivity index (χ2n) is 8.42. The van der Waals surface area contributed by atoms with Gasteiger partial charge in [-0.2, -0.15) is 0 Å². The van der Waals surface area contributed by atoms with Crippen molar-refractivity contribution in [1.29, 1.82) is 0 Å². The summed E-state index contributed by atoms with van der Waals surface area (Å²) in [7, 11) is 0. The number of benzene rings is 2. The van der Waals surface area contributed by atoms with Gasteiger partial charge < -0.3 is 10.1 Å². The monoisotopic (exact) mass is 406 g/mol. The van der Waals surface area contributed by atoms with E-state index in [2.05, 4.69) is 19.2 Å². The van der Waals surface area contributed by atoms with Crippen molar-refractivity contribution < 1.29 is 14.3 Å². The van der Waals surface area contributed by atoms with Gasteiger partial charge in [-0.15, -0.1) is 0 Å². The van der Waals surface area contributed by atoms with Crippen LogP contribution in [0.5, 0.6) is 5.75 Å². The number of hydrogen-bond acceptors (Lipinski definition) is 4. The molecule has 1 aliphatic rings. The Labute approximate surface area is 178 Å². The maximum absolute atomic E-state index is 13.1. The molecule has 158 valence electrons. The molecule has 0 radical (unpaired) electrons. The van der Waals surface area contributed by atoms with Gasteiger partial charge >= 0.3 is 0 Å². The van der Waals surface area contributed by atoms with Crippen LogP contribution in [0.3, 0.4) is 0 Å². The van der Waals surface area contributed by atoms with E-state index in [0.29, 0.717) is 22.8 Å². The zero-order chi connectivity index (χ0) is 22.0. The van der Waals surface area contributed by atoms with E-state index in [1.165, 1.54) is 10.5 Å². The third kappa shape index (κ3) is 4.40. The van der Waals surface area contributed by atoms with Gasteiger partial charge in [-0.05, 0) is 69.0 Å². The number of nitrogens with one attached hydrogen (secondary N) is 1. The first kappa shape index (κ1) is 21.6. The van der Waals surface area contributed by atoms with Crippen molar-refractivity contribution in [2.75, 3.05) is 5.32 Å². The summed E-state index contributed by atoms with van der Waals surface area (Å²) in [4.78, 5) is 27.5. The summed E-state index contributed by atoms with van der Waals surface area (Å²) >= 11 is 0. The molecule has 0 spiro atoms. The highest BCUT2D eigenvalue weighted by Gasteiger charge is 2.40. The molecule has 1 heterocycles. The van der Waals surface area contributed by atoms with Crippen LogP contribution in [0.4, 0.5) is 5.69 Å². The standard InChI is InChI=1S/C25H30N2O3/c1-15(2)18-7-11-20(12-8-18)26-23-22(24(28)27(16(3)4)25(23)29)19-9-13-21(14-10-19)30-17(5)6/h7-17,26H,1-6H3. The van der Waals surface area contributed by atoms with Gasteiger partial charge in [0.05, 0.1) is 11.7 Å². The number of ether oxygens (including phenoxy) is 1. The fraction of sp³-hybridized carbons (Fsp3) is 0.360. The molecule has 0 atom stereocenters. The smallest absolute Gasteiger partial charge is 0.278 e. The molecule has 3 rings (SSSR count). The maximum atomic E-state index is 13.1. The Morgan fingerprint density at radius 1 is 0.800 bits per heavy atom. The Morgan fingerprint density at radius 3 is 1.90 bits per heavy atom. The van der Waals surface area contributed by atoms with E-state index in [1.807, 2.05) is 76.2 Å². The number of imide groups is 1. The lowest BCUT2D eigenvalue weighted by Crippen LogP contribution is -2.38. The van der Waals surface area contributed by atoms with Crippen molar-refractivity contribution in [2.24, 2.45) is 0 Å². The van der Waals surface area contributed by atoms with E-state index in [0.717, 1.165) is 11.4 Å². The maximum Gasteiger partial charge on any atom is 0.278 e. The molecule has 0 aromatic heterocycles. The Morgan fingerprint density at radius 2 is 1.40 bits per heavy atom. The summed E-state index contributed by atoms with van der Waals surface area (Å²) in [6.45, 7) is 11.9. The summed E-state index contributed by atoms with van der Waals surface area (Å²) in [5, 5.41) is 3.20. The van der Waals surface area contributed by atoms with E-state index in [9.17, 15) is 9.59 Å². The predicted octanol–water partition coefficient (Wildman–Crippen LogP) is 5.20. The molecule has 0 fully saturated rings. The average molecular weight is 407 g/mol. The highest BCUT2D eigenvalue weighted by atomic mass is 16.5. The predicted molar refractivity (Wildman–Crippen MR) is 120 cm³/mol. The number of anilines is 1. The molecule has 2 aromatic carbocycles. The second-order valence-corrected chi connectivity index (χ2v) is 8.42. The van der Waals surface area contributed by atoms with Gasteiger partial charge in [0, 0.05) is 11.7 Å². The first-order valence-corrected chi connectivity index (χ1v) is 10.4. The zero-order valence-electron chi connectivity index (χ0n) is 18.5. The molecule has 0 aliphatic carbocycles. The largest absolute Gasteiger partial charge is 0.491 e. The van der Waals surface area contributed by atoms with Gasteiger partial charge in [-0.3, -0.25) is 14.5 Å². The number of rotatable bonds is 7. The van der Waals surface area contributed by atoms with Crippen molar-refractivity contribution in [3.63, 3.8) is 0 Å². The van der Waals surface area contributed by atoms with Crippen LogP contribution in [0.2, 0.25) is 0 Å². The van der Waals surface area contributed by atoms with Crippen LogP contribution >= 0.6 is 0 Å². The van der Waals surface area contributed by atoms with Gasteiger partial charge in [-0.1, -0.05) is 38.1 Å². The van der Waals surface area contributed by atoms with Gasteiger partial charge in [-0.25, -0.2) is 0 Å². The molecule has 5 nitrogen and oxygen atoms in total. The summed E-state index contributed by atoms with van der Waals surface area (Å²) in [6, 6.07) is 15.0. The van der Waals surface area contributed by atoms with Crippen LogP contribution in [0.15, 0.2) is 54.2 Å². The van der Waals surface area contributed by atoms with Crippen LogP contribution in [-0.4, -0.2) is 28.9 Å². The minimum absolute atomic E-state index is 0.0622. The van der Waals surface area contributed by atoms with Crippen molar-refractivity contribution >= 4 is 23.1 Å². The van der Waals surface area contributed by atoms with Crippen LogP contribution in [0, 0.1) is 0 Å². The lowest BCUT2D eigenvalue weighted by molar-refractivity contribution is -0.138. The fourth-order valence-corrected chi connectivity index (χ4v) is 3.47. The summed E-state index contributed by atoms with van der Waals surface area (Å²) in [5.41, 5.74) is 3.38. The van der Waals surface area contributed by atoms with E-state index >= 15 is 0 Å². The molecular formula is C25H30N2O3. The minimum atomic E-state index is -0.305. The summed E-state index contributed by atoms with van der Waals surface area (Å²) < 4.78 is 5.70. The average Bonchev–Trinajstić information content (AvgIpc) is 2.92. The first-order chi connectivity index (χ1) is 14.2. The molecule has 1 N–H and O–H groups in total. The van der Waals surface area contributed by atoms with E-state index < -0.39 is 0 Å². The number of hydrogen-bond donors (Lipinski definition) is 1. The molecule has 0 saturated carbocycles. The number of carbonyl (C=O) groups is 2. The molecular weight excluding hydrogens is 376 g/mol. The second kappa shape index (κ2) is 8.74. The van der Waals surface area contributed by atoms with Gasteiger partial charge in [0.15, 0.2) is 0 Å². The fourth-order valence-electron chi connectivity index (χ4n) is 3.47. The van der Waals surface area contributed by atoms with E-state index in [1.54, 1.807) is 0 Å². The van der Waals surface area contributed by atoms with Crippen LogP contribution in [0.25, 0.3) is 5.57 Å². The highest BCUT2D eigenvalue weighted by Crippen LogP contribution is 2.32. The molecule has 0 saturated heterocycles. The van der Waals surface area contributed by atoms with Crippen molar-refractivity contribution in [1.82, 2.24) is 4.90 Å². The lowest BCUT2D eigenvalue weighted by atomic mass is 10.0. The SMILES string of the molecule is CC(C)Oc1ccc(C2=C(Nc3ccc(C(C)C)cc3)C(=O)N(C(C)C)C2=O)cc1. The van der Waals surface area contributed by atoms with Crippen LogP contribution in [0.1, 0.15) is 58.6 Å². The van der Waals surface area contributed by atoms with Gasteiger partial charge in [0.25, 0.3) is 11.8 Å². The van der Waals surface area contributed by atoms with Crippen molar-refractivity contribution in [3.05, 3.63) is 65.4 Å². The topological polar surface area (TPSA) is 58.6 Å². The highest BCUT2D eigenvalue weighted by molar-refractivity contribution is 6.36. The zero-order valence-corrected chi connectivity index (χ0v) is 18.5.